The molecule has 0 amide bonds. The third kappa shape index (κ3) is 4.56. The number of hydrogen-bond donors (Lipinski definition) is 0. The summed E-state index contributed by atoms with van der Waals surface area (Å²) in [7, 11) is -3.78. The van der Waals surface area contributed by atoms with Crippen molar-refractivity contribution in [2.45, 2.75) is 38.7 Å². The SMILES string of the molecule is Cc1ccc(S(=O)(=O)OC(C)COc2c(C)cccc2C)cc1. The Morgan fingerprint density at radius 2 is 1.52 bits per heavy atom. The van der Waals surface area contributed by atoms with Crippen LogP contribution in [0.2, 0.25) is 0 Å². The molecule has 23 heavy (non-hydrogen) atoms. The molecule has 0 aromatic heterocycles. The van der Waals surface area contributed by atoms with Gasteiger partial charge in [-0.05, 0) is 51.0 Å². The van der Waals surface area contributed by atoms with Crippen molar-refractivity contribution in [2.24, 2.45) is 0 Å². The first-order valence-corrected chi connectivity index (χ1v) is 8.89. The van der Waals surface area contributed by atoms with Crippen LogP contribution in [-0.2, 0) is 14.3 Å². The van der Waals surface area contributed by atoms with E-state index in [0.717, 1.165) is 22.4 Å². The van der Waals surface area contributed by atoms with E-state index >= 15 is 0 Å². The summed E-state index contributed by atoms with van der Waals surface area (Å²) in [6, 6.07) is 12.4. The minimum Gasteiger partial charge on any atom is -0.490 e. The van der Waals surface area contributed by atoms with Crippen molar-refractivity contribution in [1.29, 1.82) is 0 Å². The lowest BCUT2D eigenvalue weighted by molar-refractivity contribution is 0.148. The van der Waals surface area contributed by atoms with Gasteiger partial charge in [-0.1, -0.05) is 35.9 Å². The lowest BCUT2D eigenvalue weighted by Gasteiger charge is -2.16. The molecule has 2 aromatic carbocycles. The summed E-state index contributed by atoms with van der Waals surface area (Å²) < 4.78 is 35.4. The van der Waals surface area contributed by atoms with Crippen LogP contribution in [0.3, 0.4) is 0 Å². The van der Waals surface area contributed by atoms with Crippen molar-refractivity contribution in [3.05, 3.63) is 59.2 Å². The topological polar surface area (TPSA) is 52.6 Å². The summed E-state index contributed by atoms with van der Waals surface area (Å²) >= 11 is 0. The van der Waals surface area contributed by atoms with Gasteiger partial charge in [0.25, 0.3) is 10.1 Å². The molecule has 0 heterocycles. The van der Waals surface area contributed by atoms with Crippen LogP contribution in [0, 0.1) is 20.8 Å². The Morgan fingerprint density at radius 1 is 0.957 bits per heavy atom. The maximum absolute atomic E-state index is 12.2. The first kappa shape index (κ1) is 17.5. The van der Waals surface area contributed by atoms with Crippen LogP contribution in [0.5, 0.6) is 5.75 Å². The molecule has 0 bridgehead atoms. The zero-order valence-electron chi connectivity index (χ0n) is 13.9. The van der Waals surface area contributed by atoms with Gasteiger partial charge in [0.1, 0.15) is 18.5 Å². The second kappa shape index (κ2) is 7.15. The number of para-hydroxylation sites is 1. The first-order valence-electron chi connectivity index (χ1n) is 7.48. The minimum atomic E-state index is -3.78. The molecule has 1 unspecified atom stereocenters. The summed E-state index contributed by atoms with van der Waals surface area (Å²) in [5.74, 6) is 0.774. The molecule has 0 aliphatic heterocycles. The Bertz CT molecular complexity index is 744. The van der Waals surface area contributed by atoms with Gasteiger partial charge in [-0.15, -0.1) is 0 Å². The van der Waals surface area contributed by atoms with Gasteiger partial charge in [0.05, 0.1) is 4.90 Å². The second-order valence-electron chi connectivity index (χ2n) is 5.71. The third-order valence-electron chi connectivity index (χ3n) is 3.47. The van der Waals surface area contributed by atoms with Crippen molar-refractivity contribution < 1.29 is 17.3 Å². The molecule has 0 N–H and O–H groups in total. The molecule has 0 saturated carbocycles. The van der Waals surface area contributed by atoms with Gasteiger partial charge >= 0.3 is 0 Å². The van der Waals surface area contributed by atoms with E-state index in [1.165, 1.54) is 0 Å². The molecule has 0 radical (unpaired) electrons. The lowest BCUT2D eigenvalue weighted by Crippen LogP contribution is -2.22. The summed E-state index contributed by atoms with van der Waals surface area (Å²) in [5, 5.41) is 0. The lowest BCUT2D eigenvalue weighted by atomic mass is 10.1. The van der Waals surface area contributed by atoms with Gasteiger partial charge in [0.15, 0.2) is 0 Å². The standard InChI is InChI=1S/C18H22O4S/c1-13-8-10-17(11-9-13)23(19,20)22-16(4)12-21-18-14(2)6-5-7-15(18)3/h5-11,16H,12H2,1-4H3. The third-order valence-corrected chi connectivity index (χ3v) is 4.90. The molecule has 0 saturated heterocycles. The van der Waals surface area contributed by atoms with Gasteiger partial charge in [-0.25, -0.2) is 0 Å². The number of ether oxygens (including phenoxy) is 1. The summed E-state index contributed by atoms with van der Waals surface area (Å²) in [6.45, 7) is 7.65. The van der Waals surface area contributed by atoms with Gasteiger partial charge in [-0.2, -0.15) is 8.42 Å². The highest BCUT2D eigenvalue weighted by molar-refractivity contribution is 7.86. The zero-order chi connectivity index (χ0) is 17.0. The van der Waals surface area contributed by atoms with E-state index in [-0.39, 0.29) is 11.5 Å². The number of hydrogen-bond acceptors (Lipinski definition) is 4. The van der Waals surface area contributed by atoms with Crippen LogP contribution >= 0.6 is 0 Å². The normalized spacial score (nSPS) is 12.9. The quantitative estimate of drug-likeness (QED) is 0.754. The van der Waals surface area contributed by atoms with Gasteiger partial charge < -0.3 is 4.74 Å². The Morgan fingerprint density at radius 3 is 2.09 bits per heavy atom. The van der Waals surface area contributed by atoms with Crippen molar-refractivity contribution >= 4 is 10.1 Å². The molecule has 5 heteroatoms. The van der Waals surface area contributed by atoms with Crippen LogP contribution in [0.1, 0.15) is 23.6 Å². The molecular formula is C18H22O4S. The average molecular weight is 334 g/mol. The largest absolute Gasteiger partial charge is 0.490 e. The fourth-order valence-electron chi connectivity index (χ4n) is 2.23. The van der Waals surface area contributed by atoms with Crippen LogP contribution in [0.25, 0.3) is 0 Å². The van der Waals surface area contributed by atoms with E-state index in [1.54, 1.807) is 31.2 Å². The smallest absolute Gasteiger partial charge is 0.297 e. The Hall–Kier alpha value is -1.85. The van der Waals surface area contributed by atoms with Crippen molar-refractivity contribution in [2.75, 3.05) is 6.61 Å². The van der Waals surface area contributed by atoms with E-state index in [0.29, 0.717) is 0 Å². The van der Waals surface area contributed by atoms with Crippen molar-refractivity contribution in [3.8, 4) is 5.75 Å². The Kier molecular flexibility index (Phi) is 5.44. The molecule has 4 nitrogen and oxygen atoms in total. The maximum atomic E-state index is 12.2. The van der Waals surface area contributed by atoms with Crippen molar-refractivity contribution in [3.63, 3.8) is 0 Å². The van der Waals surface area contributed by atoms with Crippen LogP contribution in [-0.4, -0.2) is 21.1 Å². The summed E-state index contributed by atoms with van der Waals surface area (Å²) in [4.78, 5) is 0.155. The maximum Gasteiger partial charge on any atom is 0.297 e. The Labute approximate surface area is 138 Å². The highest BCUT2D eigenvalue weighted by Crippen LogP contribution is 2.23. The fourth-order valence-corrected chi connectivity index (χ4v) is 3.30. The van der Waals surface area contributed by atoms with Gasteiger partial charge in [-0.3, -0.25) is 4.18 Å². The predicted molar refractivity (Wildman–Crippen MR) is 90.3 cm³/mol. The second-order valence-corrected chi connectivity index (χ2v) is 7.28. The molecule has 124 valence electrons. The van der Waals surface area contributed by atoms with Crippen LogP contribution < -0.4 is 4.74 Å². The molecule has 0 spiro atoms. The molecular weight excluding hydrogens is 312 g/mol. The predicted octanol–water partition coefficient (Wildman–Crippen LogP) is 3.78. The molecule has 1 atom stereocenters. The van der Waals surface area contributed by atoms with Crippen LogP contribution in [0.15, 0.2) is 47.4 Å². The summed E-state index contributed by atoms with van der Waals surface area (Å²) in [5.41, 5.74) is 3.02. The monoisotopic (exact) mass is 334 g/mol. The molecule has 0 fully saturated rings. The summed E-state index contributed by atoms with van der Waals surface area (Å²) in [6.07, 6.45) is -0.583. The zero-order valence-corrected chi connectivity index (χ0v) is 14.7. The number of aryl methyl sites for hydroxylation is 3. The fraction of sp³-hybridized carbons (Fsp3) is 0.333. The van der Waals surface area contributed by atoms with Gasteiger partial charge in [0, 0.05) is 0 Å². The number of rotatable bonds is 6. The molecule has 2 aromatic rings. The van der Waals surface area contributed by atoms with Crippen molar-refractivity contribution in [1.82, 2.24) is 0 Å². The van der Waals surface area contributed by atoms with E-state index in [2.05, 4.69) is 0 Å². The molecule has 2 rings (SSSR count). The van der Waals surface area contributed by atoms with E-state index < -0.39 is 16.2 Å². The highest BCUT2D eigenvalue weighted by atomic mass is 32.2. The number of benzene rings is 2. The van der Waals surface area contributed by atoms with E-state index in [9.17, 15) is 8.42 Å². The average Bonchev–Trinajstić information content (AvgIpc) is 2.46. The van der Waals surface area contributed by atoms with Crippen LogP contribution in [0.4, 0.5) is 0 Å². The molecule has 0 aliphatic rings. The molecule has 0 aliphatic carbocycles. The highest BCUT2D eigenvalue weighted by Gasteiger charge is 2.19. The van der Waals surface area contributed by atoms with Gasteiger partial charge in [0.2, 0.25) is 0 Å². The van der Waals surface area contributed by atoms with E-state index in [1.807, 2.05) is 39.0 Å². The van der Waals surface area contributed by atoms with E-state index in [4.69, 9.17) is 8.92 Å². The minimum absolute atomic E-state index is 0.155. The Balaban J connectivity index is 2.01. The first-order chi connectivity index (χ1) is 10.8.